The minimum Gasteiger partial charge on any atom is -0.396 e. The first kappa shape index (κ1) is 15.5. The van der Waals surface area contributed by atoms with Gasteiger partial charge >= 0.3 is 0 Å². The molecule has 0 saturated heterocycles. The molecule has 0 aliphatic carbocycles. The van der Waals surface area contributed by atoms with Gasteiger partial charge in [-0.2, -0.15) is 11.8 Å². The van der Waals surface area contributed by atoms with Crippen molar-refractivity contribution in [3.63, 3.8) is 0 Å². The summed E-state index contributed by atoms with van der Waals surface area (Å²) in [6.07, 6.45) is 2.38. The van der Waals surface area contributed by atoms with Crippen LogP contribution in [-0.4, -0.2) is 39.7 Å². The number of benzene rings is 1. The third-order valence-corrected chi connectivity index (χ3v) is 4.03. The van der Waals surface area contributed by atoms with Crippen molar-refractivity contribution in [3.05, 3.63) is 40.6 Å². The SMILES string of the molecule is O=[N+]([O-])c1cccc2c(NCCSCCCO)ccnc12. The summed E-state index contributed by atoms with van der Waals surface area (Å²) in [5.41, 5.74) is 1.28. The van der Waals surface area contributed by atoms with Gasteiger partial charge in [0, 0.05) is 42.2 Å². The first-order chi connectivity index (χ1) is 10.2. The number of nitrogens with one attached hydrogen (secondary N) is 1. The van der Waals surface area contributed by atoms with Crippen LogP contribution in [0.4, 0.5) is 11.4 Å². The molecule has 1 aromatic carbocycles. The molecule has 112 valence electrons. The van der Waals surface area contributed by atoms with Crippen LogP contribution in [-0.2, 0) is 0 Å². The lowest BCUT2D eigenvalue weighted by Crippen LogP contribution is -2.05. The average molecular weight is 307 g/mol. The molecule has 2 rings (SSSR count). The summed E-state index contributed by atoms with van der Waals surface area (Å²) < 4.78 is 0. The fourth-order valence-corrected chi connectivity index (χ4v) is 2.77. The molecule has 1 heterocycles. The first-order valence-corrected chi connectivity index (χ1v) is 7.84. The zero-order valence-corrected chi connectivity index (χ0v) is 12.3. The number of aromatic nitrogens is 1. The summed E-state index contributed by atoms with van der Waals surface area (Å²) in [5, 5.41) is 23.7. The standard InChI is InChI=1S/C14H17N3O3S/c18-8-2-9-21-10-7-15-12-5-6-16-14-11(12)3-1-4-13(14)17(19)20/h1,3-6,18H,2,7-10H2,(H,15,16). The molecule has 0 amide bonds. The van der Waals surface area contributed by atoms with Crippen LogP contribution in [0.3, 0.4) is 0 Å². The maximum Gasteiger partial charge on any atom is 0.295 e. The van der Waals surface area contributed by atoms with Gasteiger partial charge in [-0.25, -0.2) is 4.98 Å². The van der Waals surface area contributed by atoms with Crippen molar-refractivity contribution < 1.29 is 10.0 Å². The Morgan fingerprint density at radius 3 is 2.95 bits per heavy atom. The molecule has 2 N–H and O–H groups in total. The highest BCUT2D eigenvalue weighted by molar-refractivity contribution is 7.99. The van der Waals surface area contributed by atoms with Crippen molar-refractivity contribution in [2.45, 2.75) is 6.42 Å². The number of rotatable bonds is 8. The van der Waals surface area contributed by atoms with E-state index < -0.39 is 4.92 Å². The van der Waals surface area contributed by atoms with Crippen molar-refractivity contribution in [2.24, 2.45) is 0 Å². The van der Waals surface area contributed by atoms with Gasteiger partial charge in [0.15, 0.2) is 0 Å². The zero-order chi connectivity index (χ0) is 15.1. The second-order valence-electron chi connectivity index (χ2n) is 4.41. The van der Waals surface area contributed by atoms with Crippen LogP contribution in [0.5, 0.6) is 0 Å². The molecule has 0 aliphatic rings. The predicted molar refractivity (Wildman–Crippen MR) is 85.9 cm³/mol. The Balaban J connectivity index is 2.07. The molecule has 0 atom stereocenters. The number of hydrogen-bond acceptors (Lipinski definition) is 6. The van der Waals surface area contributed by atoms with Crippen molar-refractivity contribution in [2.75, 3.05) is 30.0 Å². The lowest BCUT2D eigenvalue weighted by Gasteiger charge is -2.09. The van der Waals surface area contributed by atoms with Crippen LogP contribution in [0.15, 0.2) is 30.5 Å². The van der Waals surface area contributed by atoms with Crippen LogP contribution < -0.4 is 5.32 Å². The molecule has 0 unspecified atom stereocenters. The highest BCUT2D eigenvalue weighted by Crippen LogP contribution is 2.28. The van der Waals surface area contributed by atoms with E-state index in [1.165, 1.54) is 6.07 Å². The number of thioether (sulfide) groups is 1. The van der Waals surface area contributed by atoms with Crippen LogP contribution in [0.25, 0.3) is 10.9 Å². The molecule has 7 heteroatoms. The Morgan fingerprint density at radius 2 is 2.19 bits per heavy atom. The molecule has 0 fully saturated rings. The van der Waals surface area contributed by atoms with Gasteiger partial charge in [0.25, 0.3) is 5.69 Å². The maximum absolute atomic E-state index is 11.0. The number of nitro benzene ring substituents is 1. The molecule has 0 aliphatic heterocycles. The summed E-state index contributed by atoms with van der Waals surface area (Å²) in [6.45, 7) is 0.983. The number of fused-ring (bicyclic) bond motifs is 1. The summed E-state index contributed by atoms with van der Waals surface area (Å²) in [5.74, 6) is 1.85. The van der Waals surface area contributed by atoms with E-state index in [1.807, 2.05) is 12.1 Å². The van der Waals surface area contributed by atoms with Gasteiger partial charge in [-0.3, -0.25) is 10.1 Å². The van der Waals surface area contributed by atoms with Gasteiger partial charge in [0.1, 0.15) is 5.52 Å². The Labute approximate surface area is 126 Å². The van der Waals surface area contributed by atoms with Gasteiger partial charge < -0.3 is 10.4 Å². The summed E-state index contributed by atoms with van der Waals surface area (Å²) >= 11 is 1.76. The Bertz CT molecular complexity index is 621. The van der Waals surface area contributed by atoms with E-state index >= 15 is 0 Å². The fraction of sp³-hybridized carbons (Fsp3) is 0.357. The molecule has 0 radical (unpaired) electrons. The molecule has 0 spiro atoms. The molecule has 0 bridgehead atoms. The van der Waals surface area contributed by atoms with Gasteiger partial charge in [0.05, 0.1) is 4.92 Å². The fourth-order valence-electron chi connectivity index (χ4n) is 1.99. The third kappa shape index (κ3) is 4.05. The van der Waals surface area contributed by atoms with E-state index in [2.05, 4.69) is 10.3 Å². The average Bonchev–Trinajstić information content (AvgIpc) is 2.50. The number of pyridine rings is 1. The van der Waals surface area contributed by atoms with Crippen molar-refractivity contribution in [3.8, 4) is 0 Å². The third-order valence-electron chi connectivity index (χ3n) is 2.96. The van der Waals surface area contributed by atoms with E-state index in [4.69, 9.17) is 5.11 Å². The molecule has 6 nitrogen and oxygen atoms in total. The van der Waals surface area contributed by atoms with Crippen LogP contribution in [0, 0.1) is 10.1 Å². The number of nitrogens with zero attached hydrogens (tertiary/aromatic N) is 2. The van der Waals surface area contributed by atoms with Crippen LogP contribution >= 0.6 is 11.8 Å². The highest BCUT2D eigenvalue weighted by atomic mass is 32.2. The monoisotopic (exact) mass is 307 g/mol. The molecule has 2 aromatic rings. The van der Waals surface area contributed by atoms with E-state index in [1.54, 1.807) is 24.0 Å². The molecule has 0 saturated carbocycles. The lowest BCUT2D eigenvalue weighted by atomic mass is 10.1. The molecule has 1 aromatic heterocycles. The Kier molecular flexibility index (Phi) is 5.77. The number of aliphatic hydroxyl groups excluding tert-OH is 1. The smallest absolute Gasteiger partial charge is 0.295 e. The minimum absolute atomic E-state index is 0.0217. The first-order valence-electron chi connectivity index (χ1n) is 6.68. The van der Waals surface area contributed by atoms with Crippen molar-refractivity contribution >= 4 is 34.0 Å². The number of para-hydroxylation sites is 1. The minimum atomic E-state index is -0.413. The van der Waals surface area contributed by atoms with Crippen LogP contribution in [0.2, 0.25) is 0 Å². The quantitative estimate of drug-likeness (QED) is 0.443. The summed E-state index contributed by atoms with van der Waals surface area (Å²) in [6, 6.07) is 6.79. The maximum atomic E-state index is 11.0. The largest absolute Gasteiger partial charge is 0.396 e. The van der Waals surface area contributed by atoms with E-state index in [-0.39, 0.29) is 12.3 Å². The second kappa shape index (κ2) is 7.80. The number of anilines is 1. The molecule has 21 heavy (non-hydrogen) atoms. The number of nitro groups is 1. The summed E-state index contributed by atoms with van der Waals surface area (Å²) in [7, 11) is 0. The topological polar surface area (TPSA) is 88.3 Å². The van der Waals surface area contributed by atoms with Crippen molar-refractivity contribution in [1.82, 2.24) is 4.98 Å². The van der Waals surface area contributed by atoms with E-state index in [0.29, 0.717) is 5.52 Å². The van der Waals surface area contributed by atoms with E-state index in [9.17, 15) is 10.1 Å². The predicted octanol–water partition coefficient (Wildman–Crippen LogP) is 2.67. The zero-order valence-electron chi connectivity index (χ0n) is 11.5. The van der Waals surface area contributed by atoms with Gasteiger partial charge in [-0.1, -0.05) is 12.1 Å². The Hall–Kier alpha value is -1.86. The van der Waals surface area contributed by atoms with Crippen LogP contribution in [0.1, 0.15) is 6.42 Å². The number of hydrogen-bond donors (Lipinski definition) is 2. The second-order valence-corrected chi connectivity index (χ2v) is 5.63. The van der Waals surface area contributed by atoms with Crippen molar-refractivity contribution in [1.29, 1.82) is 0 Å². The molecular formula is C14H17N3O3S. The number of non-ortho nitro benzene ring substituents is 1. The van der Waals surface area contributed by atoms with Gasteiger partial charge in [0.2, 0.25) is 0 Å². The van der Waals surface area contributed by atoms with E-state index in [0.717, 1.165) is 35.5 Å². The highest BCUT2D eigenvalue weighted by Gasteiger charge is 2.13. The van der Waals surface area contributed by atoms with Gasteiger partial charge in [-0.15, -0.1) is 0 Å². The lowest BCUT2D eigenvalue weighted by molar-refractivity contribution is -0.383. The number of aliphatic hydroxyl groups is 1. The van der Waals surface area contributed by atoms with Gasteiger partial charge in [-0.05, 0) is 18.2 Å². The normalized spacial score (nSPS) is 10.7. The Morgan fingerprint density at radius 1 is 1.33 bits per heavy atom. The summed E-state index contributed by atoms with van der Waals surface area (Å²) in [4.78, 5) is 14.7. The molecular weight excluding hydrogens is 290 g/mol.